The van der Waals surface area contributed by atoms with E-state index in [-0.39, 0.29) is 17.1 Å². The van der Waals surface area contributed by atoms with E-state index < -0.39 is 0 Å². The van der Waals surface area contributed by atoms with Crippen LogP contribution in [0.1, 0.15) is 49.4 Å². The Balaban J connectivity index is 1.76. The van der Waals surface area contributed by atoms with E-state index >= 15 is 0 Å². The van der Waals surface area contributed by atoms with Crippen LogP contribution in [0.15, 0.2) is 65.9 Å². The van der Waals surface area contributed by atoms with Crippen molar-refractivity contribution in [1.82, 2.24) is 9.78 Å². The molecule has 0 saturated carbocycles. The molecule has 1 aliphatic carbocycles. The second kappa shape index (κ2) is 7.12. The van der Waals surface area contributed by atoms with Gasteiger partial charge in [0.2, 0.25) is 0 Å². The van der Waals surface area contributed by atoms with Crippen molar-refractivity contribution in [2.75, 3.05) is 12.4 Å². The molecule has 158 valence electrons. The molecule has 5 nitrogen and oxygen atoms in total. The van der Waals surface area contributed by atoms with Crippen LogP contribution in [0.3, 0.4) is 0 Å². The monoisotopic (exact) mass is 413 g/mol. The van der Waals surface area contributed by atoms with Crippen molar-refractivity contribution in [1.29, 1.82) is 0 Å². The summed E-state index contributed by atoms with van der Waals surface area (Å²) in [5.41, 5.74) is 5.83. The minimum Gasteiger partial charge on any atom is -0.497 e. The number of Topliss-reactive ketones (excluding diaryl/α,β-unsaturated/α-hetero) is 1. The van der Waals surface area contributed by atoms with Crippen molar-refractivity contribution in [3.8, 4) is 11.4 Å². The van der Waals surface area contributed by atoms with Crippen molar-refractivity contribution < 1.29 is 9.53 Å². The summed E-state index contributed by atoms with van der Waals surface area (Å²) in [5.74, 6) is 1.78. The summed E-state index contributed by atoms with van der Waals surface area (Å²) in [6, 6.07) is 18.2. The minimum absolute atomic E-state index is 0.0774. The zero-order valence-corrected chi connectivity index (χ0v) is 18.4. The molecule has 0 bridgehead atoms. The second-order valence-corrected chi connectivity index (χ2v) is 9.26. The third-order valence-corrected chi connectivity index (χ3v) is 6.30. The summed E-state index contributed by atoms with van der Waals surface area (Å²) in [4.78, 5) is 13.4. The summed E-state index contributed by atoms with van der Waals surface area (Å²) in [7, 11) is 1.67. The fourth-order valence-corrected chi connectivity index (χ4v) is 4.98. The van der Waals surface area contributed by atoms with Crippen LogP contribution in [0.2, 0.25) is 0 Å². The number of hydrogen-bond acceptors (Lipinski definition) is 4. The Labute approximate surface area is 182 Å². The van der Waals surface area contributed by atoms with Gasteiger partial charge in [0.1, 0.15) is 11.6 Å². The maximum Gasteiger partial charge on any atom is 0.162 e. The van der Waals surface area contributed by atoms with Crippen molar-refractivity contribution in [2.24, 2.45) is 5.41 Å². The molecule has 2 aliphatic rings. The number of aryl methyl sites for hydroxylation is 1. The van der Waals surface area contributed by atoms with Gasteiger partial charge in [0, 0.05) is 29.2 Å². The van der Waals surface area contributed by atoms with Crippen molar-refractivity contribution >= 4 is 11.6 Å². The number of hydrogen-bond donors (Lipinski definition) is 1. The lowest BCUT2D eigenvalue weighted by molar-refractivity contribution is -0.118. The van der Waals surface area contributed by atoms with Crippen LogP contribution >= 0.6 is 0 Å². The number of methoxy groups -OCH3 is 1. The molecule has 1 atom stereocenters. The first kappa shape index (κ1) is 19.6. The molecule has 0 spiro atoms. The fraction of sp³-hybridized carbons (Fsp3) is 0.308. The zero-order valence-electron chi connectivity index (χ0n) is 18.4. The van der Waals surface area contributed by atoms with Gasteiger partial charge < -0.3 is 10.1 Å². The molecule has 1 aromatic heterocycles. The van der Waals surface area contributed by atoms with E-state index in [0.29, 0.717) is 6.42 Å². The van der Waals surface area contributed by atoms with Gasteiger partial charge in [-0.3, -0.25) is 4.79 Å². The molecule has 1 aliphatic heterocycles. The number of benzene rings is 2. The summed E-state index contributed by atoms with van der Waals surface area (Å²) in [6.45, 7) is 6.34. The lowest BCUT2D eigenvalue weighted by atomic mass is 9.69. The molecule has 2 heterocycles. The van der Waals surface area contributed by atoms with E-state index in [1.807, 2.05) is 48.0 Å². The number of ketones is 1. The average molecular weight is 414 g/mol. The minimum atomic E-state index is -0.164. The number of ether oxygens (including phenoxy) is 1. The van der Waals surface area contributed by atoms with Gasteiger partial charge in [0.05, 0.1) is 18.5 Å². The number of rotatable bonds is 3. The first-order chi connectivity index (χ1) is 14.9. The first-order valence-electron chi connectivity index (χ1n) is 10.7. The molecule has 1 N–H and O–H groups in total. The van der Waals surface area contributed by atoms with Crippen LogP contribution in [0.4, 0.5) is 5.82 Å². The van der Waals surface area contributed by atoms with Gasteiger partial charge in [0.25, 0.3) is 0 Å². The largest absolute Gasteiger partial charge is 0.497 e. The normalized spacial score (nSPS) is 19.5. The topological polar surface area (TPSA) is 56.1 Å². The lowest BCUT2D eigenvalue weighted by Crippen LogP contribution is -2.34. The molecule has 3 aromatic rings. The highest BCUT2D eigenvalue weighted by Gasteiger charge is 2.43. The highest BCUT2D eigenvalue weighted by molar-refractivity contribution is 6.01. The van der Waals surface area contributed by atoms with Crippen molar-refractivity contribution in [2.45, 2.75) is 39.5 Å². The van der Waals surface area contributed by atoms with Gasteiger partial charge in [-0.2, -0.15) is 5.10 Å². The molecule has 31 heavy (non-hydrogen) atoms. The highest BCUT2D eigenvalue weighted by Crippen LogP contribution is 2.50. The molecule has 5 rings (SSSR count). The van der Waals surface area contributed by atoms with Crippen LogP contribution in [-0.2, 0) is 4.79 Å². The number of para-hydroxylation sites is 1. The van der Waals surface area contributed by atoms with Crippen LogP contribution in [0.5, 0.6) is 5.75 Å². The molecule has 0 amide bonds. The SMILES string of the molecule is COc1cccc(C2C3=C(CC(C)(C)CC3=O)Nc3c2c(C)nn3-c2ccccc2)c1. The molecule has 0 radical (unpaired) electrons. The fourth-order valence-electron chi connectivity index (χ4n) is 4.98. The predicted molar refractivity (Wildman–Crippen MR) is 122 cm³/mol. The van der Waals surface area contributed by atoms with Gasteiger partial charge >= 0.3 is 0 Å². The Morgan fingerprint density at radius 1 is 1.10 bits per heavy atom. The summed E-state index contributed by atoms with van der Waals surface area (Å²) in [6.07, 6.45) is 1.38. The van der Waals surface area contributed by atoms with Crippen LogP contribution in [0, 0.1) is 12.3 Å². The number of carbonyl (C=O) groups is 1. The number of aromatic nitrogens is 2. The maximum atomic E-state index is 13.4. The van der Waals surface area contributed by atoms with Crippen LogP contribution < -0.4 is 10.1 Å². The van der Waals surface area contributed by atoms with Gasteiger partial charge in [-0.1, -0.05) is 44.2 Å². The number of nitrogens with one attached hydrogen (secondary N) is 1. The molecule has 2 aromatic carbocycles. The Bertz CT molecular complexity index is 1200. The van der Waals surface area contributed by atoms with Crippen LogP contribution in [-0.4, -0.2) is 22.7 Å². The van der Waals surface area contributed by atoms with Gasteiger partial charge in [-0.15, -0.1) is 0 Å². The number of carbonyl (C=O) groups excluding carboxylic acids is 1. The van der Waals surface area contributed by atoms with Crippen molar-refractivity contribution in [3.05, 3.63) is 82.7 Å². The van der Waals surface area contributed by atoms with E-state index in [2.05, 4.69) is 37.4 Å². The second-order valence-electron chi connectivity index (χ2n) is 9.26. The Morgan fingerprint density at radius 3 is 2.61 bits per heavy atom. The third-order valence-electron chi connectivity index (χ3n) is 6.30. The molecule has 0 saturated heterocycles. The predicted octanol–water partition coefficient (Wildman–Crippen LogP) is 5.39. The number of anilines is 1. The molecule has 1 unspecified atom stereocenters. The Morgan fingerprint density at radius 2 is 1.87 bits per heavy atom. The smallest absolute Gasteiger partial charge is 0.162 e. The summed E-state index contributed by atoms with van der Waals surface area (Å²) < 4.78 is 7.46. The number of fused-ring (bicyclic) bond motifs is 1. The standard InChI is InChI=1S/C26H27N3O2/c1-16-22-23(17-9-8-12-19(13-17)31-4)24-20(14-26(2,3)15-21(24)30)27-25(22)29(28-16)18-10-6-5-7-11-18/h5-13,23,27H,14-15H2,1-4H3. The Kier molecular flexibility index (Phi) is 4.50. The van der Waals surface area contributed by atoms with E-state index in [4.69, 9.17) is 9.84 Å². The molecule has 0 fully saturated rings. The van der Waals surface area contributed by atoms with E-state index in [1.54, 1.807) is 7.11 Å². The maximum absolute atomic E-state index is 13.4. The molecule has 5 heteroatoms. The quantitative estimate of drug-likeness (QED) is 0.625. The van der Waals surface area contributed by atoms with Gasteiger partial charge in [-0.05, 0) is 48.6 Å². The molecular formula is C26H27N3O2. The lowest BCUT2D eigenvalue weighted by Gasteiger charge is -2.38. The van der Waals surface area contributed by atoms with E-state index in [0.717, 1.165) is 51.8 Å². The van der Waals surface area contributed by atoms with Crippen molar-refractivity contribution in [3.63, 3.8) is 0 Å². The Hall–Kier alpha value is -3.34. The van der Waals surface area contributed by atoms with Gasteiger partial charge in [-0.25, -0.2) is 4.68 Å². The van der Waals surface area contributed by atoms with E-state index in [9.17, 15) is 4.79 Å². The zero-order chi connectivity index (χ0) is 21.8. The van der Waals surface area contributed by atoms with E-state index in [1.165, 1.54) is 0 Å². The van der Waals surface area contributed by atoms with Gasteiger partial charge in [0.15, 0.2) is 5.78 Å². The summed E-state index contributed by atoms with van der Waals surface area (Å²) >= 11 is 0. The number of nitrogens with zero attached hydrogens (tertiary/aromatic N) is 2. The third kappa shape index (κ3) is 3.25. The highest BCUT2D eigenvalue weighted by atomic mass is 16.5. The average Bonchev–Trinajstić information content (AvgIpc) is 3.08. The summed E-state index contributed by atoms with van der Waals surface area (Å²) in [5, 5.41) is 8.51. The first-order valence-corrected chi connectivity index (χ1v) is 10.7. The molecular weight excluding hydrogens is 386 g/mol. The van der Waals surface area contributed by atoms with Crippen LogP contribution in [0.25, 0.3) is 5.69 Å². The number of allylic oxidation sites excluding steroid dienone is 2.